The van der Waals surface area contributed by atoms with Gasteiger partial charge in [0.15, 0.2) is 0 Å². The highest BCUT2D eigenvalue weighted by molar-refractivity contribution is 5.19. The van der Waals surface area contributed by atoms with Crippen molar-refractivity contribution in [2.24, 2.45) is 29.4 Å². The molecule has 4 aliphatic rings. The van der Waals surface area contributed by atoms with Gasteiger partial charge in [0.25, 0.3) is 0 Å². The van der Waals surface area contributed by atoms with Gasteiger partial charge in [0.1, 0.15) is 5.82 Å². The van der Waals surface area contributed by atoms with Gasteiger partial charge in [0.05, 0.1) is 0 Å². The molecule has 0 amide bonds. The van der Waals surface area contributed by atoms with Crippen LogP contribution >= 0.6 is 0 Å². The zero-order valence-electron chi connectivity index (χ0n) is 11.5. The summed E-state index contributed by atoms with van der Waals surface area (Å²) in [5.41, 5.74) is 6.95. The maximum absolute atomic E-state index is 5.56. The summed E-state index contributed by atoms with van der Waals surface area (Å²) < 4.78 is 0. The van der Waals surface area contributed by atoms with E-state index in [9.17, 15) is 0 Å². The summed E-state index contributed by atoms with van der Waals surface area (Å²) >= 11 is 0. The first-order valence-corrected chi connectivity index (χ1v) is 7.84. The molecule has 2 N–H and O–H groups in total. The van der Waals surface area contributed by atoms with Crippen LogP contribution in [0.2, 0.25) is 0 Å². The van der Waals surface area contributed by atoms with Crippen LogP contribution < -0.4 is 5.73 Å². The molecule has 1 aromatic heterocycles. The third-order valence-electron chi connectivity index (χ3n) is 5.70. The Bertz CT molecular complexity index is 426. The molecule has 0 unspecified atom stereocenters. The van der Waals surface area contributed by atoms with E-state index in [1.807, 2.05) is 0 Å². The quantitative estimate of drug-likeness (QED) is 0.905. The maximum atomic E-state index is 5.56. The Morgan fingerprint density at radius 2 is 1.53 bits per heavy atom. The van der Waals surface area contributed by atoms with Gasteiger partial charge in [-0.2, -0.15) is 0 Å². The third kappa shape index (κ3) is 1.99. The summed E-state index contributed by atoms with van der Waals surface area (Å²) in [7, 11) is 0. The molecule has 4 saturated carbocycles. The molecule has 4 fully saturated rings. The molecule has 3 heteroatoms. The summed E-state index contributed by atoms with van der Waals surface area (Å²) in [5, 5.41) is 0. The van der Waals surface area contributed by atoms with Crippen molar-refractivity contribution in [3.05, 3.63) is 23.8 Å². The van der Waals surface area contributed by atoms with Crippen LogP contribution in [0.25, 0.3) is 0 Å². The lowest BCUT2D eigenvalue weighted by molar-refractivity contribution is -0.00301. The lowest BCUT2D eigenvalue weighted by Gasteiger charge is -2.54. The van der Waals surface area contributed by atoms with Crippen molar-refractivity contribution in [2.75, 3.05) is 6.54 Å². The fraction of sp³-hybridized carbons (Fsp3) is 0.750. The highest BCUT2D eigenvalue weighted by Crippen LogP contribution is 2.59. The van der Waals surface area contributed by atoms with Gasteiger partial charge < -0.3 is 5.73 Å². The first-order valence-electron chi connectivity index (χ1n) is 7.84. The number of hydrogen-bond acceptors (Lipinski definition) is 3. The topological polar surface area (TPSA) is 51.8 Å². The van der Waals surface area contributed by atoms with Crippen LogP contribution in [0.15, 0.2) is 12.4 Å². The minimum atomic E-state index is 0.636. The Kier molecular flexibility index (Phi) is 2.83. The van der Waals surface area contributed by atoms with Gasteiger partial charge in [-0.25, -0.2) is 9.97 Å². The Hall–Kier alpha value is -0.960. The highest BCUT2D eigenvalue weighted by atomic mass is 14.9. The Morgan fingerprint density at radius 3 is 2.05 bits per heavy atom. The molecule has 0 saturated heterocycles. The molecule has 1 aromatic rings. The van der Waals surface area contributed by atoms with Crippen molar-refractivity contribution >= 4 is 0 Å². The first kappa shape index (κ1) is 11.8. The van der Waals surface area contributed by atoms with E-state index in [1.54, 1.807) is 0 Å². The largest absolute Gasteiger partial charge is 0.330 e. The minimum absolute atomic E-state index is 0.636. The van der Waals surface area contributed by atoms with Crippen molar-refractivity contribution in [3.63, 3.8) is 0 Å². The van der Waals surface area contributed by atoms with Gasteiger partial charge in [-0.15, -0.1) is 0 Å². The van der Waals surface area contributed by atoms with Gasteiger partial charge >= 0.3 is 0 Å². The van der Waals surface area contributed by atoms with Crippen molar-refractivity contribution in [2.45, 2.75) is 44.4 Å². The SMILES string of the molecule is NCCc1ncc(C2C3CC4CC(C3)CC2C4)cn1. The molecule has 19 heavy (non-hydrogen) atoms. The molecule has 1 heterocycles. The highest BCUT2D eigenvalue weighted by Gasteiger charge is 2.48. The predicted octanol–water partition coefficient (Wildman–Crippen LogP) is 2.52. The van der Waals surface area contributed by atoms with Crippen molar-refractivity contribution in [1.82, 2.24) is 9.97 Å². The summed E-state index contributed by atoms with van der Waals surface area (Å²) in [6.07, 6.45) is 12.3. The molecule has 4 bridgehead atoms. The van der Waals surface area contributed by atoms with Gasteiger partial charge in [-0.1, -0.05) is 0 Å². The number of nitrogens with zero attached hydrogens (tertiary/aromatic N) is 2. The van der Waals surface area contributed by atoms with Crippen LogP contribution in [0.5, 0.6) is 0 Å². The molecule has 0 radical (unpaired) electrons. The van der Waals surface area contributed by atoms with Gasteiger partial charge in [0.2, 0.25) is 0 Å². The maximum Gasteiger partial charge on any atom is 0.129 e. The summed E-state index contributed by atoms with van der Waals surface area (Å²) in [6.45, 7) is 0.636. The summed E-state index contributed by atoms with van der Waals surface area (Å²) in [5.74, 6) is 5.56. The molecule has 5 rings (SSSR count). The number of hydrogen-bond donors (Lipinski definition) is 1. The predicted molar refractivity (Wildman–Crippen MR) is 74.6 cm³/mol. The average Bonchev–Trinajstić information content (AvgIpc) is 2.40. The number of rotatable bonds is 3. The van der Waals surface area contributed by atoms with E-state index in [0.717, 1.165) is 41.8 Å². The van der Waals surface area contributed by atoms with Crippen LogP contribution in [-0.2, 0) is 6.42 Å². The zero-order chi connectivity index (χ0) is 12.8. The molecular weight excluding hydrogens is 234 g/mol. The van der Waals surface area contributed by atoms with Crippen LogP contribution in [-0.4, -0.2) is 16.5 Å². The Morgan fingerprint density at radius 1 is 0.947 bits per heavy atom. The van der Waals surface area contributed by atoms with E-state index in [0.29, 0.717) is 6.54 Å². The molecule has 0 aromatic carbocycles. The molecule has 4 aliphatic carbocycles. The fourth-order valence-electron chi connectivity index (χ4n) is 5.26. The standard InChI is InChI=1S/C16H23N3/c17-2-1-15-18-8-14(9-19-15)16-12-4-10-3-11(6-12)7-13(16)5-10/h8-13,16H,1-7,17H2. The smallest absolute Gasteiger partial charge is 0.129 e. The van der Waals surface area contributed by atoms with Crippen LogP contribution in [0.4, 0.5) is 0 Å². The summed E-state index contributed by atoms with van der Waals surface area (Å²) in [4.78, 5) is 9.02. The lowest BCUT2D eigenvalue weighted by atomic mass is 9.51. The average molecular weight is 257 g/mol. The number of nitrogens with two attached hydrogens (primary N) is 1. The normalized spacial score (nSPS) is 39.7. The molecule has 0 aliphatic heterocycles. The second kappa shape index (κ2) is 4.55. The monoisotopic (exact) mass is 257 g/mol. The van der Waals surface area contributed by atoms with Crippen LogP contribution in [0.1, 0.15) is 49.4 Å². The van der Waals surface area contributed by atoms with E-state index in [-0.39, 0.29) is 0 Å². The summed E-state index contributed by atoms with van der Waals surface area (Å²) in [6, 6.07) is 0. The van der Waals surface area contributed by atoms with Crippen molar-refractivity contribution in [1.29, 1.82) is 0 Å². The molecular formula is C16H23N3. The first-order chi connectivity index (χ1) is 9.33. The van der Waals surface area contributed by atoms with Gasteiger partial charge in [0, 0.05) is 18.8 Å². The molecule has 0 spiro atoms. The van der Waals surface area contributed by atoms with Crippen LogP contribution in [0, 0.1) is 23.7 Å². The van der Waals surface area contributed by atoms with Gasteiger partial charge in [-0.05, 0) is 73.8 Å². The van der Waals surface area contributed by atoms with E-state index in [2.05, 4.69) is 22.4 Å². The zero-order valence-corrected chi connectivity index (χ0v) is 11.5. The van der Waals surface area contributed by atoms with E-state index in [1.165, 1.54) is 37.7 Å². The molecule has 102 valence electrons. The van der Waals surface area contributed by atoms with Crippen LogP contribution in [0.3, 0.4) is 0 Å². The van der Waals surface area contributed by atoms with Crippen molar-refractivity contribution in [3.8, 4) is 0 Å². The number of aromatic nitrogens is 2. The Labute approximate surface area is 115 Å². The van der Waals surface area contributed by atoms with E-state index < -0.39 is 0 Å². The fourth-order valence-corrected chi connectivity index (χ4v) is 5.26. The second-order valence-corrected chi connectivity index (χ2v) is 6.93. The second-order valence-electron chi connectivity index (χ2n) is 6.93. The van der Waals surface area contributed by atoms with E-state index in [4.69, 9.17) is 5.73 Å². The third-order valence-corrected chi connectivity index (χ3v) is 5.70. The lowest BCUT2D eigenvalue weighted by Crippen LogP contribution is -2.43. The molecule has 0 atom stereocenters. The Balaban J connectivity index is 1.58. The molecule has 3 nitrogen and oxygen atoms in total. The van der Waals surface area contributed by atoms with E-state index >= 15 is 0 Å². The van der Waals surface area contributed by atoms with Crippen molar-refractivity contribution < 1.29 is 0 Å². The van der Waals surface area contributed by atoms with Gasteiger partial charge in [-0.3, -0.25) is 0 Å². The minimum Gasteiger partial charge on any atom is -0.330 e.